The van der Waals surface area contributed by atoms with Gasteiger partial charge < -0.3 is 68.5 Å². The van der Waals surface area contributed by atoms with E-state index in [1.807, 2.05) is 0 Å². The summed E-state index contributed by atoms with van der Waals surface area (Å²) in [6.07, 6.45) is -3.24. The topological polar surface area (TPSA) is 162 Å². The third kappa shape index (κ3) is 97.9. The Morgan fingerprint density at radius 2 is 0.524 bits per heavy atom. The minimum Gasteiger partial charge on any atom is -0.423 e. The Balaban J connectivity index is -0.0000000533. The maximum absolute atomic E-state index is 8.00. The van der Waals surface area contributed by atoms with Crippen LogP contribution in [-0.2, 0) is 21.7 Å². The second-order valence-electron chi connectivity index (χ2n) is 3.35. The average Bonchev–Trinajstić information content (AvgIpc) is 2.40. The molecule has 0 aromatic carbocycles. The Labute approximate surface area is 141 Å². The second-order valence-corrected chi connectivity index (χ2v) is 3.35. The molecule has 0 spiro atoms. The van der Waals surface area contributed by atoms with E-state index in [0.29, 0.717) is 0 Å². The number of aliphatic hydroxyl groups is 8. The van der Waals surface area contributed by atoms with Crippen molar-refractivity contribution < 1.29 is 62.6 Å². The fraction of sp³-hybridized carbons (Fsp3) is 0.667. The van der Waals surface area contributed by atoms with Crippen molar-refractivity contribution in [2.75, 3.05) is 26.4 Å². The summed E-state index contributed by atoms with van der Waals surface area (Å²) >= 11 is 0. The monoisotopic (exact) mass is 348 g/mol. The summed E-state index contributed by atoms with van der Waals surface area (Å²) in [5.74, 6) is 0. The molecule has 0 amide bonds. The molecule has 4 unspecified atom stereocenters. The zero-order valence-electron chi connectivity index (χ0n) is 12.0. The van der Waals surface area contributed by atoms with Crippen LogP contribution in [0.3, 0.4) is 0 Å². The van der Waals surface area contributed by atoms with E-state index in [0.717, 1.165) is 0 Å². The standard InChI is InChI=1S/4C3H7O2.Ti/c4*1-3(5)2-4;/h4*3-5H,1-2H2;/q4*-1;+4. The average molecular weight is 348 g/mol. The molecule has 0 rings (SSSR count). The Kier molecular flexibility index (Phi) is 45.0. The summed E-state index contributed by atoms with van der Waals surface area (Å²) < 4.78 is 0. The Morgan fingerprint density at radius 3 is 0.524 bits per heavy atom. The van der Waals surface area contributed by atoms with Gasteiger partial charge in [0.15, 0.2) is 0 Å². The van der Waals surface area contributed by atoms with E-state index in [4.69, 9.17) is 40.9 Å². The SMILES string of the molecule is [CH2-]C(O)CO.[CH2-]C(O)CO.[CH2-]C(O)CO.[CH2-]C(O)CO.[Ti+4]. The summed E-state index contributed by atoms with van der Waals surface area (Å²) in [7, 11) is 0. The maximum Gasteiger partial charge on any atom is 4.00 e. The molecule has 0 saturated carbocycles. The van der Waals surface area contributed by atoms with Gasteiger partial charge in [0.25, 0.3) is 0 Å². The Hall–Kier alpha value is 0.394. The molecule has 128 valence electrons. The van der Waals surface area contributed by atoms with Crippen LogP contribution in [0.1, 0.15) is 0 Å². The van der Waals surface area contributed by atoms with Gasteiger partial charge in [-0.2, -0.15) is 0 Å². The van der Waals surface area contributed by atoms with Gasteiger partial charge in [-0.25, -0.2) is 0 Å². The van der Waals surface area contributed by atoms with Gasteiger partial charge in [0.1, 0.15) is 0 Å². The van der Waals surface area contributed by atoms with Crippen LogP contribution in [0.4, 0.5) is 0 Å². The molecule has 0 aliphatic heterocycles. The van der Waals surface area contributed by atoms with E-state index < -0.39 is 24.4 Å². The fourth-order valence-corrected chi connectivity index (χ4v) is 0. The molecule has 0 aromatic rings. The van der Waals surface area contributed by atoms with Crippen molar-refractivity contribution in [1.29, 1.82) is 0 Å². The van der Waals surface area contributed by atoms with Gasteiger partial charge in [0.05, 0.1) is 0 Å². The van der Waals surface area contributed by atoms with Gasteiger partial charge in [-0.15, -0.1) is 0 Å². The van der Waals surface area contributed by atoms with Crippen molar-refractivity contribution in [3.8, 4) is 0 Å². The zero-order valence-corrected chi connectivity index (χ0v) is 13.6. The summed E-state index contributed by atoms with van der Waals surface area (Å²) in [5.41, 5.74) is 0. The van der Waals surface area contributed by atoms with Gasteiger partial charge >= 0.3 is 21.7 Å². The first kappa shape index (κ1) is 33.1. The van der Waals surface area contributed by atoms with Gasteiger partial charge in [0, 0.05) is 26.4 Å². The van der Waals surface area contributed by atoms with Crippen molar-refractivity contribution in [3.63, 3.8) is 0 Å². The van der Waals surface area contributed by atoms with E-state index in [1.165, 1.54) is 0 Å². The van der Waals surface area contributed by atoms with Gasteiger partial charge in [-0.1, -0.05) is 0 Å². The van der Waals surface area contributed by atoms with Crippen LogP contribution in [0, 0.1) is 27.7 Å². The first-order valence-corrected chi connectivity index (χ1v) is 5.56. The van der Waals surface area contributed by atoms with Crippen LogP contribution in [0.5, 0.6) is 0 Å². The minimum atomic E-state index is -0.810. The zero-order chi connectivity index (χ0) is 17.1. The van der Waals surface area contributed by atoms with E-state index in [-0.39, 0.29) is 48.1 Å². The number of aliphatic hydroxyl groups excluding tert-OH is 8. The smallest absolute Gasteiger partial charge is 0.423 e. The molecule has 0 heterocycles. The van der Waals surface area contributed by atoms with E-state index in [9.17, 15) is 0 Å². The third-order valence-electron chi connectivity index (χ3n) is 0.843. The Bertz CT molecular complexity index is 113. The van der Waals surface area contributed by atoms with Crippen LogP contribution in [-0.4, -0.2) is 91.7 Å². The van der Waals surface area contributed by atoms with Crippen LogP contribution >= 0.6 is 0 Å². The predicted octanol–water partition coefficient (Wildman–Crippen LogP) is -3.31. The molecule has 8 N–H and O–H groups in total. The molecular weight excluding hydrogens is 320 g/mol. The van der Waals surface area contributed by atoms with Crippen LogP contribution in [0.2, 0.25) is 0 Å². The minimum absolute atomic E-state index is 0. The van der Waals surface area contributed by atoms with Crippen LogP contribution < -0.4 is 0 Å². The quantitative estimate of drug-likeness (QED) is 0.193. The van der Waals surface area contributed by atoms with Gasteiger partial charge in [0.2, 0.25) is 0 Å². The molecule has 9 heteroatoms. The van der Waals surface area contributed by atoms with E-state index in [1.54, 1.807) is 0 Å². The first-order chi connectivity index (χ1) is 9.08. The molecule has 0 radical (unpaired) electrons. The molecule has 0 fully saturated rings. The fourth-order valence-electron chi connectivity index (χ4n) is 0. The summed E-state index contributed by atoms with van der Waals surface area (Å²) in [5, 5.41) is 63.3. The predicted molar refractivity (Wildman–Crippen MR) is 73.8 cm³/mol. The van der Waals surface area contributed by atoms with Crippen LogP contribution in [0.25, 0.3) is 0 Å². The normalized spacial score (nSPS) is 14.3. The summed E-state index contributed by atoms with van der Waals surface area (Å²) in [6, 6.07) is 0. The summed E-state index contributed by atoms with van der Waals surface area (Å²) in [6.45, 7) is 11.2. The van der Waals surface area contributed by atoms with Crippen molar-refractivity contribution in [2.45, 2.75) is 24.4 Å². The molecule has 0 aromatic heterocycles. The third-order valence-corrected chi connectivity index (χ3v) is 0.843. The van der Waals surface area contributed by atoms with Crippen molar-refractivity contribution in [1.82, 2.24) is 0 Å². The van der Waals surface area contributed by atoms with Crippen molar-refractivity contribution in [2.24, 2.45) is 0 Å². The molecule has 0 bridgehead atoms. The van der Waals surface area contributed by atoms with Crippen molar-refractivity contribution >= 4 is 0 Å². The molecular formula is C12H28O8Ti. The number of hydrogen-bond acceptors (Lipinski definition) is 8. The molecule has 21 heavy (non-hydrogen) atoms. The maximum atomic E-state index is 8.00. The molecule has 0 saturated heterocycles. The van der Waals surface area contributed by atoms with E-state index >= 15 is 0 Å². The Morgan fingerprint density at radius 1 is 0.476 bits per heavy atom. The molecule has 0 aliphatic rings. The van der Waals surface area contributed by atoms with E-state index in [2.05, 4.69) is 27.7 Å². The summed E-state index contributed by atoms with van der Waals surface area (Å²) in [4.78, 5) is 0. The van der Waals surface area contributed by atoms with Gasteiger partial charge in [-0.3, -0.25) is 0 Å². The second kappa shape index (κ2) is 28.5. The number of hydrogen-bond donors (Lipinski definition) is 8. The first-order valence-electron chi connectivity index (χ1n) is 5.56. The number of rotatable bonds is 4. The molecule has 8 nitrogen and oxygen atoms in total. The van der Waals surface area contributed by atoms with Crippen molar-refractivity contribution in [3.05, 3.63) is 27.7 Å². The van der Waals surface area contributed by atoms with Gasteiger partial charge in [-0.05, 0) is 24.4 Å². The molecule has 0 aliphatic carbocycles. The van der Waals surface area contributed by atoms with Crippen LogP contribution in [0.15, 0.2) is 0 Å². The largest absolute Gasteiger partial charge is 4.00 e. The molecule has 4 atom stereocenters.